The van der Waals surface area contributed by atoms with Crippen molar-refractivity contribution in [3.05, 3.63) is 35.9 Å². The van der Waals surface area contributed by atoms with Crippen LogP contribution in [0.4, 0.5) is 0 Å². The topological polar surface area (TPSA) is 15.3 Å². The lowest BCUT2D eigenvalue weighted by Crippen LogP contribution is -2.47. The summed E-state index contributed by atoms with van der Waals surface area (Å²) in [5, 5.41) is 3.74. The van der Waals surface area contributed by atoms with Gasteiger partial charge in [0.15, 0.2) is 0 Å². The predicted octanol–water partition coefficient (Wildman–Crippen LogP) is 3.04. The van der Waals surface area contributed by atoms with Gasteiger partial charge in [-0.2, -0.15) is 0 Å². The van der Waals surface area contributed by atoms with Gasteiger partial charge in [0.1, 0.15) is 0 Å². The van der Waals surface area contributed by atoms with Gasteiger partial charge in [-0.25, -0.2) is 0 Å². The van der Waals surface area contributed by atoms with Crippen molar-refractivity contribution in [2.45, 2.75) is 51.7 Å². The third-order valence-electron chi connectivity index (χ3n) is 3.89. The van der Waals surface area contributed by atoms with E-state index in [0.717, 1.165) is 6.54 Å². The Balaban J connectivity index is 1.83. The molecule has 2 nitrogen and oxygen atoms in total. The minimum atomic E-state index is 0.645. The van der Waals surface area contributed by atoms with Gasteiger partial charge in [0.25, 0.3) is 0 Å². The molecule has 0 spiro atoms. The molecule has 2 unspecified atom stereocenters. The second-order valence-electron chi connectivity index (χ2n) is 5.54. The van der Waals surface area contributed by atoms with E-state index in [0.29, 0.717) is 12.1 Å². The molecule has 1 aliphatic heterocycles. The van der Waals surface area contributed by atoms with Crippen LogP contribution in [0.2, 0.25) is 0 Å². The highest BCUT2D eigenvalue weighted by Crippen LogP contribution is 2.14. The zero-order valence-electron chi connectivity index (χ0n) is 11.7. The van der Waals surface area contributed by atoms with Crippen LogP contribution in [-0.2, 0) is 6.54 Å². The van der Waals surface area contributed by atoms with Crippen molar-refractivity contribution in [2.75, 3.05) is 13.1 Å². The quantitative estimate of drug-likeness (QED) is 0.859. The van der Waals surface area contributed by atoms with Gasteiger partial charge < -0.3 is 5.32 Å². The fraction of sp³-hybridized carbons (Fsp3) is 0.625. The summed E-state index contributed by atoms with van der Waals surface area (Å²) < 4.78 is 0. The minimum Gasteiger partial charge on any atom is -0.310 e. The first kappa shape index (κ1) is 13.6. The van der Waals surface area contributed by atoms with Crippen molar-refractivity contribution in [1.29, 1.82) is 0 Å². The molecule has 100 valence electrons. The van der Waals surface area contributed by atoms with Gasteiger partial charge in [-0.3, -0.25) is 4.90 Å². The fourth-order valence-corrected chi connectivity index (χ4v) is 2.70. The van der Waals surface area contributed by atoms with Crippen molar-refractivity contribution in [2.24, 2.45) is 0 Å². The lowest BCUT2D eigenvalue weighted by Gasteiger charge is -2.34. The van der Waals surface area contributed by atoms with E-state index in [1.807, 2.05) is 0 Å². The number of nitrogens with zero attached hydrogens (tertiary/aromatic N) is 1. The summed E-state index contributed by atoms with van der Waals surface area (Å²) in [4.78, 5) is 2.58. The highest BCUT2D eigenvalue weighted by atomic mass is 15.2. The molecule has 1 aromatic carbocycles. The van der Waals surface area contributed by atoms with Crippen LogP contribution in [0.15, 0.2) is 30.3 Å². The molecule has 1 saturated heterocycles. The third kappa shape index (κ3) is 4.11. The number of hydrogen-bond acceptors (Lipinski definition) is 2. The van der Waals surface area contributed by atoms with E-state index in [-0.39, 0.29) is 0 Å². The molecule has 1 aromatic rings. The number of rotatable bonds is 5. The van der Waals surface area contributed by atoms with Gasteiger partial charge in [0.05, 0.1) is 0 Å². The number of benzene rings is 1. The van der Waals surface area contributed by atoms with E-state index in [4.69, 9.17) is 0 Å². The van der Waals surface area contributed by atoms with Crippen molar-refractivity contribution >= 4 is 0 Å². The zero-order chi connectivity index (χ0) is 12.8. The maximum atomic E-state index is 3.74. The Morgan fingerprint density at radius 3 is 2.83 bits per heavy atom. The van der Waals surface area contributed by atoms with Crippen LogP contribution < -0.4 is 5.32 Å². The van der Waals surface area contributed by atoms with Crippen LogP contribution in [0.25, 0.3) is 0 Å². The zero-order valence-corrected chi connectivity index (χ0v) is 11.7. The summed E-state index contributed by atoms with van der Waals surface area (Å²) in [7, 11) is 0. The van der Waals surface area contributed by atoms with Crippen molar-refractivity contribution in [3.63, 3.8) is 0 Å². The second kappa shape index (κ2) is 6.91. The molecular formula is C16H26N2. The van der Waals surface area contributed by atoms with Crippen LogP contribution >= 0.6 is 0 Å². The Bertz CT molecular complexity index is 336. The monoisotopic (exact) mass is 246 g/mol. The van der Waals surface area contributed by atoms with Gasteiger partial charge in [0, 0.05) is 25.2 Å². The summed E-state index contributed by atoms with van der Waals surface area (Å²) >= 11 is 0. The molecule has 18 heavy (non-hydrogen) atoms. The standard InChI is InChI=1S/C16H26N2/c1-3-14(2)17-16-10-7-11-18(13-16)12-15-8-5-4-6-9-15/h4-6,8-9,14,16-17H,3,7,10-13H2,1-2H3. The summed E-state index contributed by atoms with van der Waals surface area (Å²) in [6.07, 6.45) is 3.87. The van der Waals surface area contributed by atoms with E-state index in [2.05, 4.69) is 54.4 Å². The van der Waals surface area contributed by atoms with Crippen LogP contribution in [-0.4, -0.2) is 30.1 Å². The molecule has 0 amide bonds. The van der Waals surface area contributed by atoms with Crippen LogP contribution in [0, 0.1) is 0 Å². The van der Waals surface area contributed by atoms with Crippen molar-refractivity contribution in [1.82, 2.24) is 10.2 Å². The summed E-state index contributed by atoms with van der Waals surface area (Å²) in [5.41, 5.74) is 1.43. The van der Waals surface area contributed by atoms with E-state index < -0.39 is 0 Å². The molecule has 2 atom stereocenters. The van der Waals surface area contributed by atoms with Gasteiger partial charge in [-0.05, 0) is 38.3 Å². The molecular weight excluding hydrogens is 220 g/mol. The summed E-state index contributed by atoms with van der Waals surface area (Å²) in [6, 6.07) is 12.1. The smallest absolute Gasteiger partial charge is 0.0234 e. The molecule has 0 bridgehead atoms. The molecule has 1 fully saturated rings. The average molecular weight is 246 g/mol. The molecule has 2 rings (SSSR count). The maximum absolute atomic E-state index is 3.74. The van der Waals surface area contributed by atoms with E-state index in [1.165, 1.54) is 37.9 Å². The first-order valence-electron chi connectivity index (χ1n) is 7.30. The first-order chi connectivity index (χ1) is 8.78. The molecule has 0 aromatic heterocycles. The average Bonchev–Trinajstić information content (AvgIpc) is 2.40. The van der Waals surface area contributed by atoms with Crippen LogP contribution in [0.1, 0.15) is 38.7 Å². The highest BCUT2D eigenvalue weighted by molar-refractivity contribution is 5.14. The van der Waals surface area contributed by atoms with Crippen molar-refractivity contribution < 1.29 is 0 Å². The normalized spacial score (nSPS) is 22.9. The molecule has 1 N–H and O–H groups in total. The van der Waals surface area contributed by atoms with E-state index >= 15 is 0 Å². The Morgan fingerprint density at radius 1 is 1.33 bits per heavy atom. The Morgan fingerprint density at radius 2 is 2.11 bits per heavy atom. The predicted molar refractivity (Wildman–Crippen MR) is 77.6 cm³/mol. The molecule has 0 saturated carbocycles. The first-order valence-corrected chi connectivity index (χ1v) is 7.30. The largest absolute Gasteiger partial charge is 0.310 e. The molecule has 0 radical (unpaired) electrons. The Labute approximate surface area is 111 Å². The number of piperidine rings is 1. The molecule has 1 heterocycles. The Hall–Kier alpha value is -0.860. The Kier molecular flexibility index (Phi) is 5.21. The van der Waals surface area contributed by atoms with Gasteiger partial charge in [-0.15, -0.1) is 0 Å². The fourth-order valence-electron chi connectivity index (χ4n) is 2.70. The summed E-state index contributed by atoms with van der Waals surface area (Å²) in [6.45, 7) is 8.07. The van der Waals surface area contributed by atoms with E-state index in [1.54, 1.807) is 0 Å². The van der Waals surface area contributed by atoms with Gasteiger partial charge in [0.2, 0.25) is 0 Å². The molecule has 1 aliphatic rings. The number of likely N-dealkylation sites (tertiary alicyclic amines) is 1. The molecule has 2 heteroatoms. The number of nitrogens with one attached hydrogen (secondary N) is 1. The SMILES string of the molecule is CCC(C)NC1CCCN(Cc2ccccc2)C1. The van der Waals surface area contributed by atoms with Crippen LogP contribution in [0.5, 0.6) is 0 Å². The number of hydrogen-bond donors (Lipinski definition) is 1. The van der Waals surface area contributed by atoms with Gasteiger partial charge in [-0.1, -0.05) is 37.3 Å². The lowest BCUT2D eigenvalue weighted by molar-refractivity contribution is 0.176. The second-order valence-corrected chi connectivity index (χ2v) is 5.54. The lowest BCUT2D eigenvalue weighted by atomic mass is 10.0. The maximum Gasteiger partial charge on any atom is 0.0234 e. The van der Waals surface area contributed by atoms with E-state index in [9.17, 15) is 0 Å². The van der Waals surface area contributed by atoms with Crippen molar-refractivity contribution in [3.8, 4) is 0 Å². The minimum absolute atomic E-state index is 0.645. The van der Waals surface area contributed by atoms with Crippen LogP contribution in [0.3, 0.4) is 0 Å². The molecule has 0 aliphatic carbocycles. The third-order valence-corrected chi connectivity index (χ3v) is 3.89. The highest BCUT2D eigenvalue weighted by Gasteiger charge is 2.20. The summed E-state index contributed by atoms with van der Waals surface area (Å²) in [5.74, 6) is 0. The van der Waals surface area contributed by atoms with Gasteiger partial charge >= 0.3 is 0 Å².